The van der Waals surface area contributed by atoms with E-state index >= 15 is 0 Å². The molecule has 0 saturated heterocycles. The van der Waals surface area contributed by atoms with E-state index in [1.807, 2.05) is 18.2 Å². The maximum Gasteiger partial charge on any atom is 0.0715 e. The number of pyridine rings is 1. The van der Waals surface area contributed by atoms with Crippen LogP contribution in [0.3, 0.4) is 0 Å². The van der Waals surface area contributed by atoms with Crippen molar-refractivity contribution in [3.05, 3.63) is 243 Å². The summed E-state index contributed by atoms with van der Waals surface area (Å²) in [6.45, 7) is 5.90. The third kappa shape index (κ3) is 6.86. The lowest BCUT2D eigenvalue weighted by atomic mass is 9.97. The molecule has 3 heterocycles. The number of aromatic nitrogens is 3. The number of allylic oxidation sites excluding steroid dienone is 5. The molecule has 0 aliphatic carbocycles. The second-order valence-corrected chi connectivity index (χ2v) is 16.1. The van der Waals surface area contributed by atoms with E-state index in [4.69, 9.17) is 4.98 Å². The molecule has 3 heteroatoms. The Bertz CT molecular complexity index is 3550. The Balaban J connectivity index is 0.924. The van der Waals surface area contributed by atoms with Gasteiger partial charge in [0.1, 0.15) is 0 Å². The zero-order chi connectivity index (χ0) is 42.3. The highest BCUT2D eigenvalue weighted by molar-refractivity contribution is 6.12. The van der Waals surface area contributed by atoms with E-state index < -0.39 is 0 Å². The van der Waals surface area contributed by atoms with Gasteiger partial charge in [-0.25, -0.2) is 4.98 Å². The lowest BCUT2D eigenvalue weighted by molar-refractivity contribution is 1.18. The van der Waals surface area contributed by atoms with Crippen molar-refractivity contribution in [2.45, 2.75) is 6.92 Å². The summed E-state index contributed by atoms with van der Waals surface area (Å²) in [7, 11) is 0. The molecule has 0 saturated carbocycles. The highest BCUT2D eigenvalue weighted by Crippen LogP contribution is 2.39. The maximum atomic E-state index is 5.06. The molecule has 0 aliphatic heterocycles. The first-order valence-electron chi connectivity index (χ1n) is 21.5. The number of benzene rings is 8. The molecule has 0 radical (unpaired) electrons. The third-order valence-corrected chi connectivity index (χ3v) is 12.3. The van der Waals surface area contributed by atoms with Gasteiger partial charge in [-0.1, -0.05) is 164 Å². The molecular formula is C60H43N3. The van der Waals surface area contributed by atoms with Crippen LogP contribution in [0, 0.1) is 0 Å². The molecule has 3 nitrogen and oxygen atoms in total. The van der Waals surface area contributed by atoms with Gasteiger partial charge in [0.15, 0.2) is 0 Å². The molecule has 0 unspecified atom stereocenters. The molecule has 0 fully saturated rings. The fourth-order valence-electron chi connectivity index (χ4n) is 9.12. The van der Waals surface area contributed by atoms with Crippen LogP contribution >= 0.6 is 0 Å². The first-order valence-corrected chi connectivity index (χ1v) is 21.5. The van der Waals surface area contributed by atoms with Crippen LogP contribution in [0.4, 0.5) is 0 Å². The van der Waals surface area contributed by atoms with Crippen molar-refractivity contribution in [2.24, 2.45) is 0 Å². The molecular weight excluding hydrogens is 763 g/mol. The van der Waals surface area contributed by atoms with Crippen LogP contribution in [0.25, 0.3) is 105 Å². The Labute approximate surface area is 367 Å². The molecule has 0 N–H and O–H groups in total. The quantitative estimate of drug-likeness (QED) is 0.133. The summed E-state index contributed by atoms with van der Waals surface area (Å²) in [6.07, 6.45) is 7.81. The average Bonchev–Trinajstić information content (AvgIpc) is 3.87. The molecule has 0 amide bonds. The molecule has 3 aromatic heterocycles. The average molecular weight is 806 g/mol. The van der Waals surface area contributed by atoms with Gasteiger partial charge < -0.3 is 9.13 Å². The Morgan fingerprint density at radius 1 is 0.397 bits per heavy atom. The Kier molecular flexibility index (Phi) is 9.56. The van der Waals surface area contributed by atoms with Crippen molar-refractivity contribution in [2.75, 3.05) is 0 Å². The van der Waals surface area contributed by atoms with E-state index in [1.165, 1.54) is 71.6 Å². The highest BCUT2D eigenvalue weighted by atomic mass is 15.0. The van der Waals surface area contributed by atoms with Crippen LogP contribution in [0.1, 0.15) is 12.6 Å². The van der Waals surface area contributed by atoms with Crippen LogP contribution in [-0.2, 0) is 0 Å². The molecule has 11 aromatic rings. The van der Waals surface area contributed by atoms with Crippen molar-refractivity contribution in [3.8, 4) is 56.0 Å². The fraction of sp³-hybridized carbons (Fsp3) is 0.0167. The van der Waals surface area contributed by atoms with Gasteiger partial charge in [-0.05, 0) is 119 Å². The molecule has 0 atom stereocenters. The summed E-state index contributed by atoms with van der Waals surface area (Å²) < 4.78 is 4.77. The third-order valence-electron chi connectivity index (χ3n) is 12.3. The lowest BCUT2D eigenvalue weighted by Gasteiger charge is -2.12. The Morgan fingerprint density at radius 2 is 0.857 bits per heavy atom. The van der Waals surface area contributed by atoms with Gasteiger partial charge in [0.05, 0.1) is 33.5 Å². The minimum absolute atomic E-state index is 0.950. The molecule has 298 valence electrons. The minimum Gasteiger partial charge on any atom is -0.309 e. The van der Waals surface area contributed by atoms with Gasteiger partial charge >= 0.3 is 0 Å². The molecule has 0 spiro atoms. The molecule has 8 aromatic carbocycles. The van der Waals surface area contributed by atoms with Gasteiger partial charge in [-0.2, -0.15) is 0 Å². The number of hydrogen-bond donors (Lipinski definition) is 0. The van der Waals surface area contributed by atoms with Crippen molar-refractivity contribution in [1.82, 2.24) is 14.1 Å². The van der Waals surface area contributed by atoms with E-state index in [9.17, 15) is 0 Å². The van der Waals surface area contributed by atoms with Crippen molar-refractivity contribution < 1.29 is 0 Å². The van der Waals surface area contributed by atoms with E-state index in [-0.39, 0.29) is 0 Å². The smallest absolute Gasteiger partial charge is 0.0715 e. The van der Waals surface area contributed by atoms with Crippen LogP contribution < -0.4 is 0 Å². The monoisotopic (exact) mass is 805 g/mol. The predicted octanol–water partition coefficient (Wildman–Crippen LogP) is 16.1. The van der Waals surface area contributed by atoms with E-state index in [0.717, 1.165) is 39.3 Å². The lowest BCUT2D eigenvalue weighted by Crippen LogP contribution is -1.94. The Morgan fingerprint density at radius 3 is 1.43 bits per heavy atom. The minimum atomic E-state index is 0.950. The number of hydrogen-bond acceptors (Lipinski definition) is 1. The standard InChI is InChI=1S/C60H43N3/c1-3-4-7-16-41(2)55-39-48(40-56(61-55)45-17-8-5-9-18-45)44-27-25-42(26-28-44)43-29-33-50(34-30-43)63-58-24-15-13-22-52(58)54-38-47(32-36-60(54)63)46-31-35-59-53(37-46)51-21-12-14-23-57(51)62(59)49-19-10-6-11-20-49/h3-40H,1H2,2H3/b7-4-,41-16+. The second-order valence-electron chi connectivity index (χ2n) is 16.1. The van der Waals surface area contributed by atoms with Crippen LogP contribution in [-0.4, -0.2) is 14.1 Å². The molecule has 0 bridgehead atoms. The fourth-order valence-corrected chi connectivity index (χ4v) is 9.12. The van der Waals surface area contributed by atoms with Gasteiger partial charge in [0.25, 0.3) is 0 Å². The first kappa shape index (κ1) is 37.7. The van der Waals surface area contributed by atoms with E-state index in [2.05, 4.69) is 229 Å². The van der Waals surface area contributed by atoms with Crippen LogP contribution in [0.5, 0.6) is 0 Å². The molecule has 11 rings (SSSR count). The largest absolute Gasteiger partial charge is 0.309 e. The molecule has 0 aliphatic rings. The van der Waals surface area contributed by atoms with E-state index in [1.54, 1.807) is 6.08 Å². The Hall–Kier alpha value is -8.27. The number of para-hydroxylation sites is 3. The summed E-state index contributed by atoms with van der Waals surface area (Å²) >= 11 is 0. The van der Waals surface area contributed by atoms with Crippen molar-refractivity contribution >= 4 is 49.2 Å². The maximum absolute atomic E-state index is 5.06. The van der Waals surface area contributed by atoms with Gasteiger partial charge in [-0.3, -0.25) is 0 Å². The zero-order valence-corrected chi connectivity index (χ0v) is 35.0. The van der Waals surface area contributed by atoms with Crippen molar-refractivity contribution in [3.63, 3.8) is 0 Å². The second kappa shape index (κ2) is 16.0. The summed E-state index contributed by atoms with van der Waals surface area (Å²) in [5, 5.41) is 4.99. The normalized spacial score (nSPS) is 12.0. The highest BCUT2D eigenvalue weighted by Gasteiger charge is 2.16. The van der Waals surface area contributed by atoms with Crippen molar-refractivity contribution in [1.29, 1.82) is 0 Å². The van der Waals surface area contributed by atoms with Crippen LogP contribution in [0.15, 0.2) is 237 Å². The number of rotatable bonds is 9. The van der Waals surface area contributed by atoms with Crippen LogP contribution in [0.2, 0.25) is 0 Å². The summed E-state index contributed by atoms with van der Waals surface area (Å²) in [5.74, 6) is 0. The van der Waals surface area contributed by atoms with Gasteiger partial charge in [-0.15, -0.1) is 0 Å². The van der Waals surface area contributed by atoms with Gasteiger partial charge in [0, 0.05) is 38.5 Å². The summed E-state index contributed by atoms with van der Waals surface area (Å²) in [6, 6.07) is 74.6. The number of nitrogens with zero attached hydrogens (tertiary/aromatic N) is 3. The molecule has 63 heavy (non-hydrogen) atoms. The van der Waals surface area contributed by atoms with Gasteiger partial charge in [0.2, 0.25) is 0 Å². The number of fused-ring (bicyclic) bond motifs is 6. The summed E-state index contributed by atoms with van der Waals surface area (Å²) in [5.41, 5.74) is 18.2. The first-order chi connectivity index (χ1) is 31.1. The van der Waals surface area contributed by atoms with E-state index in [0.29, 0.717) is 0 Å². The topological polar surface area (TPSA) is 22.8 Å². The zero-order valence-electron chi connectivity index (χ0n) is 35.0. The predicted molar refractivity (Wildman–Crippen MR) is 268 cm³/mol. The SMILES string of the molecule is C=C/C=C\C=C(/C)c1cc(-c2ccc(-c3ccc(-n4c5ccccc5c5cc(-c6ccc7c(c6)c6ccccc6n7-c6ccccc6)ccc54)cc3)cc2)cc(-c2ccccc2)n1. The summed E-state index contributed by atoms with van der Waals surface area (Å²) in [4.78, 5) is 5.06.